The Labute approximate surface area is 183 Å². The summed E-state index contributed by atoms with van der Waals surface area (Å²) >= 11 is 6.26. The van der Waals surface area contributed by atoms with Crippen molar-refractivity contribution in [1.82, 2.24) is 4.90 Å². The van der Waals surface area contributed by atoms with Crippen LogP contribution in [0.1, 0.15) is 24.0 Å². The van der Waals surface area contributed by atoms with Crippen LogP contribution in [0.2, 0.25) is 5.02 Å². The van der Waals surface area contributed by atoms with Gasteiger partial charge in [0.25, 0.3) is 0 Å². The lowest BCUT2D eigenvalue weighted by Gasteiger charge is -2.36. The molecule has 3 fully saturated rings. The molecule has 31 heavy (non-hydrogen) atoms. The Morgan fingerprint density at radius 2 is 1.97 bits per heavy atom. The fourth-order valence-corrected chi connectivity index (χ4v) is 6.42. The van der Waals surface area contributed by atoms with Crippen molar-refractivity contribution in [2.75, 3.05) is 16.8 Å². The van der Waals surface area contributed by atoms with Gasteiger partial charge in [-0.1, -0.05) is 17.7 Å². The average Bonchev–Trinajstić information content (AvgIpc) is 3.43. The smallest absolute Gasteiger partial charge is 0.250 e. The first-order chi connectivity index (χ1) is 14.9. The molecule has 158 valence electrons. The van der Waals surface area contributed by atoms with Gasteiger partial charge in [-0.05, 0) is 62.2 Å². The first-order valence-electron chi connectivity index (χ1n) is 10.4. The highest BCUT2D eigenvalue weighted by atomic mass is 35.5. The second-order valence-electron chi connectivity index (χ2n) is 8.71. The van der Waals surface area contributed by atoms with Gasteiger partial charge >= 0.3 is 0 Å². The van der Waals surface area contributed by atoms with E-state index < -0.39 is 29.1 Å². The first kappa shape index (κ1) is 19.0. The lowest BCUT2D eigenvalue weighted by atomic mass is 9.75. The summed E-state index contributed by atoms with van der Waals surface area (Å²) in [7, 11) is 0. The number of hydrogen-bond acceptors (Lipinski definition) is 4. The van der Waals surface area contributed by atoms with Crippen LogP contribution < -0.4 is 10.2 Å². The Morgan fingerprint density at radius 3 is 2.77 bits per heavy atom. The monoisotopic (exact) mass is 439 g/mol. The fourth-order valence-electron chi connectivity index (χ4n) is 6.25. The maximum Gasteiger partial charge on any atom is 0.250 e. The molecule has 6 rings (SSSR count). The normalized spacial score (nSPS) is 31.4. The van der Waals surface area contributed by atoms with E-state index in [1.807, 2.05) is 4.90 Å². The van der Waals surface area contributed by atoms with E-state index in [2.05, 4.69) is 5.32 Å². The zero-order valence-corrected chi connectivity index (χ0v) is 17.4. The summed E-state index contributed by atoms with van der Waals surface area (Å²) in [5.74, 6) is -3.15. The van der Waals surface area contributed by atoms with E-state index in [-0.39, 0.29) is 17.9 Å². The summed E-state index contributed by atoms with van der Waals surface area (Å²) in [5.41, 5.74) is 0.634. The molecule has 2 aromatic rings. The number of halogens is 2. The predicted octanol–water partition coefficient (Wildman–Crippen LogP) is 3.22. The highest BCUT2D eigenvalue weighted by Gasteiger charge is 2.74. The van der Waals surface area contributed by atoms with Crippen LogP contribution in [0.4, 0.5) is 15.8 Å². The number of anilines is 2. The third-order valence-corrected chi connectivity index (χ3v) is 7.84. The van der Waals surface area contributed by atoms with Crippen LogP contribution in [-0.2, 0) is 19.9 Å². The number of amides is 3. The quantitative estimate of drug-likeness (QED) is 0.693. The molecule has 0 bridgehead atoms. The molecular formula is C23H19ClFN3O3. The number of nitrogens with zero attached hydrogens (tertiary/aromatic N) is 2. The molecule has 0 aromatic heterocycles. The molecule has 0 unspecified atom stereocenters. The predicted molar refractivity (Wildman–Crippen MR) is 112 cm³/mol. The summed E-state index contributed by atoms with van der Waals surface area (Å²) in [4.78, 5) is 44.2. The molecule has 4 aliphatic heterocycles. The molecular weight excluding hydrogens is 421 g/mol. The first-order valence-corrected chi connectivity index (χ1v) is 10.8. The van der Waals surface area contributed by atoms with E-state index in [9.17, 15) is 18.8 Å². The summed E-state index contributed by atoms with van der Waals surface area (Å²) in [5, 5.41) is 3.30. The van der Waals surface area contributed by atoms with Crippen molar-refractivity contribution >= 4 is 40.7 Å². The number of carbonyl (C=O) groups is 3. The summed E-state index contributed by atoms with van der Waals surface area (Å²) in [6.07, 6.45) is 1.52. The van der Waals surface area contributed by atoms with Gasteiger partial charge in [-0.2, -0.15) is 0 Å². The SMILES string of the molecule is Cc1c(Cl)cccc1N1C(=O)[C@@H]2[C@@H]3CCCN3[C@@]3(C(=O)Nc4ccc(F)cc43)[C@H]2C1=O. The second kappa shape index (κ2) is 6.14. The van der Waals surface area contributed by atoms with Crippen molar-refractivity contribution in [2.45, 2.75) is 31.3 Å². The minimum atomic E-state index is -1.38. The third kappa shape index (κ3) is 2.13. The Balaban J connectivity index is 1.58. The number of fused-ring (bicyclic) bond motifs is 7. The molecule has 4 aliphatic rings. The second-order valence-corrected chi connectivity index (χ2v) is 9.12. The van der Waals surface area contributed by atoms with E-state index in [0.717, 1.165) is 6.42 Å². The lowest BCUT2D eigenvalue weighted by molar-refractivity contribution is -0.135. The molecule has 8 heteroatoms. The van der Waals surface area contributed by atoms with Gasteiger partial charge in [-0.15, -0.1) is 0 Å². The van der Waals surface area contributed by atoms with Gasteiger partial charge in [0.2, 0.25) is 17.7 Å². The van der Waals surface area contributed by atoms with Crippen LogP contribution in [0.15, 0.2) is 36.4 Å². The van der Waals surface area contributed by atoms with E-state index in [0.29, 0.717) is 40.5 Å². The largest absolute Gasteiger partial charge is 0.324 e. The number of hydrogen-bond donors (Lipinski definition) is 1. The zero-order chi connectivity index (χ0) is 21.7. The standard InChI is InChI=1S/C23H19ClFN3O3/c1-11-14(24)4-2-5-16(11)28-20(29)18-17-6-3-9-27(17)23(19(18)21(28)30)13-10-12(25)7-8-15(13)26-22(23)31/h2,4-5,7-8,10,17-19H,3,6,9H2,1H3,(H,26,31)/t17-,18+,19+,23+/m0/s1. The molecule has 1 spiro atoms. The van der Waals surface area contributed by atoms with Gasteiger partial charge < -0.3 is 5.32 Å². The van der Waals surface area contributed by atoms with E-state index in [1.54, 1.807) is 25.1 Å². The molecule has 3 amide bonds. The van der Waals surface area contributed by atoms with E-state index in [4.69, 9.17) is 11.6 Å². The zero-order valence-electron chi connectivity index (χ0n) is 16.7. The van der Waals surface area contributed by atoms with Crippen molar-refractivity contribution < 1.29 is 18.8 Å². The maximum atomic E-state index is 14.3. The van der Waals surface area contributed by atoms with Crippen molar-refractivity contribution in [3.8, 4) is 0 Å². The van der Waals surface area contributed by atoms with Crippen LogP contribution in [0, 0.1) is 24.6 Å². The van der Waals surface area contributed by atoms with Crippen molar-refractivity contribution in [3.63, 3.8) is 0 Å². The number of benzene rings is 2. The fraction of sp³-hybridized carbons (Fsp3) is 0.348. The summed E-state index contributed by atoms with van der Waals surface area (Å²) in [6.45, 7) is 2.34. The van der Waals surface area contributed by atoms with Gasteiger partial charge in [-0.3, -0.25) is 19.3 Å². The minimum absolute atomic E-state index is 0.245. The van der Waals surface area contributed by atoms with Crippen LogP contribution in [0.3, 0.4) is 0 Å². The molecule has 0 radical (unpaired) electrons. The number of rotatable bonds is 1. The highest BCUT2D eigenvalue weighted by Crippen LogP contribution is 2.60. The third-order valence-electron chi connectivity index (χ3n) is 7.43. The molecule has 3 saturated heterocycles. The van der Waals surface area contributed by atoms with Crippen LogP contribution in [-0.4, -0.2) is 35.2 Å². The molecule has 1 N–H and O–H groups in total. The maximum absolute atomic E-state index is 14.3. The van der Waals surface area contributed by atoms with E-state index >= 15 is 0 Å². The van der Waals surface area contributed by atoms with Crippen molar-refractivity contribution in [3.05, 3.63) is 58.4 Å². The Morgan fingerprint density at radius 1 is 1.16 bits per heavy atom. The van der Waals surface area contributed by atoms with Crippen LogP contribution >= 0.6 is 11.6 Å². The molecule has 0 saturated carbocycles. The van der Waals surface area contributed by atoms with Gasteiger partial charge in [0, 0.05) is 22.3 Å². The van der Waals surface area contributed by atoms with Gasteiger partial charge in [0.1, 0.15) is 11.4 Å². The van der Waals surface area contributed by atoms with Crippen molar-refractivity contribution in [1.29, 1.82) is 0 Å². The van der Waals surface area contributed by atoms with E-state index in [1.165, 1.54) is 23.1 Å². The molecule has 6 nitrogen and oxygen atoms in total. The Kier molecular flexibility index (Phi) is 3.76. The minimum Gasteiger partial charge on any atom is -0.324 e. The topological polar surface area (TPSA) is 69.7 Å². The molecule has 2 aromatic carbocycles. The average molecular weight is 440 g/mol. The summed E-state index contributed by atoms with van der Waals surface area (Å²) < 4.78 is 14.3. The lowest BCUT2D eigenvalue weighted by Crippen LogP contribution is -2.54. The number of imide groups is 1. The Hall–Kier alpha value is -2.77. The van der Waals surface area contributed by atoms with Crippen molar-refractivity contribution in [2.24, 2.45) is 11.8 Å². The molecule has 0 aliphatic carbocycles. The summed E-state index contributed by atoms with van der Waals surface area (Å²) in [6, 6.07) is 8.99. The van der Waals surface area contributed by atoms with Gasteiger partial charge in [0.15, 0.2) is 0 Å². The molecule has 4 atom stereocenters. The number of nitrogens with one attached hydrogen (secondary N) is 1. The molecule has 4 heterocycles. The van der Waals surface area contributed by atoms with Crippen LogP contribution in [0.5, 0.6) is 0 Å². The van der Waals surface area contributed by atoms with Gasteiger partial charge in [-0.25, -0.2) is 9.29 Å². The Bertz CT molecular complexity index is 1200. The number of carbonyl (C=O) groups excluding carboxylic acids is 3. The van der Waals surface area contributed by atoms with Crippen LogP contribution in [0.25, 0.3) is 0 Å². The van der Waals surface area contributed by atoms with Gasteiger partial charge in [0.05, 0.1) is 17.5 Å². The highest BCUT2D eigenvalue weighted by molar-refractivity contribution is 6.32.